The van der Waals surface area contributed by atoms with E-state index in [4.69, 9.17) is 9.47 Å². The van der Waals surface area contributed by atoms with Crippen molar-refractivity contribution in [3.63, 3.8) is 0 Å². The van der Waals surface area contributed by atoms with Gasteiger partial charge in [-0.25, -0.2) is 4.79 Å². The molecule has 0 aliphatic carbocycles. The van der Waals surface area contributed by atoms with Gasteiger partial charge in [-0.15, -0.1) is 0 Å². The lowest BCUT2D eigenvalue weighted by Crippen LogP contribution is -2.36. The number of carbonyl (C=O) groups is 1. The Morgan fingerprint density at radius 1 is 1.23 bits per heavy atom. The van der Waals surface area contributed by atoms with Gasteiger partial charge in [-0.05, 0) is 57.4 Å². The van der Waals surface area contributed by atoms with Crippen LogP contribution in [0.2, 0.25) is 0 Å². The normalized spacial score (nSPS) is 16.3. The molecule has 0 aromatic heterocycles. The smallest absolute Gasteiger partial charge is 0.337 e. The van der Waals surface area contributed by atoms with Crippen LogP contribution in [0.25, 0.3) is 0 Å². The molecule has 0 radical (unpaired) electrons. The lowest BCUT2D eigenvalue weighted by atomic mass is 9.96. The first-order chi connectivity index (χ1) is 12.5. The highest BCUT2D eigenvalue weighted by molar-refractivity contribution is 5.90. The van der Waals surface area contributed by atoms with Gasteiger partial charge in [0.2, 0.25) is 0 Å². The van der Waals surface area contributed by atoms with Gasteiger partial charge < -0.3 is 14.4 Å². The van der Waals surface area contributed by atoms with E-state index in [-0.39, 0.29) is 12.1 Å². The van der Waals surface area contributed by atoms with Crippen LogP contribution in [0.1, 0.15) is 48.7 Å². The van der Waals surface area contributed by atoms with E-state index in [9.17, 15) is 4.79 Å². The van der Waals surface area contributed by atoms with E-state index in [1.807, 2.05) is 26.0 Å². The Bertz CT molecular complexity index is 785. The van der Waals surface area contributed by atoms with E-state index in [1.54, 1.807) is 6.07 Å². The van der Waals surface area contributed by atoms with E-state index in [0.717, 1.165) is 30.7 Å². The van der Waals surface area contributed by atoms with Gasteiger partial charge in [0.1, 0.15) is 5.75 Å². The van der Waals surface area contributed by atoms with Crippen molar-refractivity contribution < 1.29 is 14.3 Å². The molecular weight excluding hydrogens is 326 g/mol. The second-order valence-corrected chi connectivity index (χ2v) is 7.12. The van der Waals surface area contributed by atoms with Crippen LogP contribution < -0.4 is 9.64 Å². The summed E-state index contributed by atoms with van der Waals surface area (Å²) >= 11 is 0. The molecule has 0 spiro atoms. The van der Waals surface area contributed by atoms with Crippen LogP contribution in [0.4, 0.5) is 5.69 Å². The minimum absolute atomic E-state index is 0.0349. The molecular formula is C22H27NO3. The molecule has 0 saturated carbocycles. The van der Waals surface area contributed by atoms with Crippen molar-refractivity contribution in [2.75, 3.05) is 12.0 Å². The number of aryl methyl sites for hydroxylation is 1. The summed E-state index contributed by atoms with van der Waals surface area (Å²) in [6, 6.07) is 14.6. The monoisotopic (exact) mass is 353 g/mol. The number of nitrogens with zero attached hydrogens (tertiary/aromatic N) is 1. The third kappa shape index (κ3) is 3.85. The minimum Gasteiger partial charge on any atom is -0.491 e. The first-order valence-corrected chi connectivity index (χ1v) is 9.22. The fourth-order valence-corrected chi connectivity index (χ4v) is 3.48. The van der Waals surface area contributed by atoms with Crippen molar-refractivity contribution in [3.05, 3.63) is 59.2 Å². The molecule has 0 N–H and O–H groups in total. The predicted octanol–water partition coefficient (Wildman–Crippen LogP) is 4.60. The topological polar surface area (TPSA) is 38.8 Å². The number of fused-ring (bicyclic) bond motifs is 1. The first kappa shape index (κ1) is 18.3. The zero-order chi connectivity index (χ0) is 18.7. The Kier molecular flexibility index (Phi) is 5.50. The fourth-order valence-electron chi connectivity index (χ4n) is 3.48. The third-order valence-corrected chi connectivity index (χ3v) is 4.86. The summed E-state index contributed by atoms with van der Waals surface area (Å²) in [6.07, 6.45) is 2.29. The van der Waals surface area contributed by atoms with Crippen LogP contribution in [-0.2, 0) is 17.7 Å². The molecule has 1 aliphatic rings. The summed E-state index contributed by atoms with van der Waals surface area (Å²) in [4.78, 5) is 14.3. The number of methoxy groups -OCH3 is 1. The first-order valence-electron chi connectivity index (χ1n) is 9.22. The highest BCUT2D eigenvalue weighted by Gasteiger charge is 2.24. The Morgan fingerprint density at radius 2 is 2.00 bits per heavy atom. The van der Waals surface area contributed by atoms with Crippen LogP contribution in [0.3, 0.4) is 0 Å². The van der Waals surface area contributed by atoms with Crippen LogP contribution >= 0.6 is 0 Å². The number of rotatable bonds is 5. The number of hydrogen-bond donors (Lipinski definition) is 0. The van der Waals surface area contributed by atoms with Crippen molar-refractivity contribution >= 4 is 11.7 Å². The van der Waals surface area contributed by atoms with Crippen LogP contribution in [0.5, 0.6) is 5.75 Å². The maximum atomic E-state index is 11.9. The number of hydrogen-bond acceptors (Lipinski definition) is 4. The molecule has 0 bridgehead atoms. The number of carbonyl (C=O) groups excluding carboxylic acids is 1. The molecule has 2 aromatic rings. The molecule has 26 heavy (non-hydrogen) atoms. The van der Waals surface area contributed by atoms with Crippen LogP contribution in [0.15, 0.2) is 42.5 Å². The number of esters is 1. The van der Waals surface area contributed by atoms with Gasteiger partial charge in [-0.2, -0.15) is 0 Å². The molecule has 4 heteroatoms. The van der Waals surface area contributed by atoms with Gasteiger partial charge >= 0.3 is 5.97 Å². The molecule has 0 fully saturated rings. The SMILES string of the molecule is COC(=O)c1ccc(CN2c3ccccc3CCC2C)c(OC(C)C)c1. The number of benzene rings is 2. The number of para-hydroxylation sites is 1. The van der Waals surface area contributed by atoms with Gasteiger partial charge in [-0.1, -0.05) is 24.3 Å². The maximum absolute atomic E-state index is 11.9. The standard InChI is InChI=1S/C22H27NO3/c1-15(2)26-21-13-18(22(24)25-4)11-12-19(21)14-23-16(3)9-10-17-7-5-6-8-20(17)23/h5-8,11-13,15-16H,9-10,14H2,1-4H3. The van der Waals surface area contributed by atoms with Gasteiger partial charge in [0, 0.05) is 23.8 Å². The second kappa shape index (κ2) is 7.81. The molecule has 1 atom stereocenters. The molecule has 1 aliphatic heterocycles. The largest absolute Gasteiger partial charge is 0.491 e. The van der Waals surface area contributed by atoms with E-state index in [1.165, 1.54) is 18.4 Å². The van der Waals surface area contributed by atoms with Crippen molar-refractivity contribution in [1.82, 2.24) is 0 Å². The predicted molar refractivity (Wildman–Crippen MR) is 104 cm³/mol. The highest BCUT2D eigenvalue weighted by Crippen LogP contribution is 2.34. The summed E-state index contributed by atoms with van der Waals surface area (Å²) in [7, 11) is 1.39. The van der Waals surface area contributed by atoms with Gasteiger partial charge in [0.05, 0.1) is 18.8 Å². The lowest BCUT2D eigenvalue weighted by Gasteiger charge is -2.37. The van der Waals surface area contributed by atoms with Gasteiger partial charge in [0.25, 0.3) is 0 Å². The average molecular weight is 353 g/mol. The third-order valence-electron chi connectivity index (χ3n) is 4.86. The van der Waals surface area contributed by atoms with Crippen LogP contribution in [0, 0.1) is 0 Å². The summed E-state index contributed by atoms with van der Waals surface area (Å²) < 4.78 is 10.9. The Balaban J connectivity index is 1.95. The summed E-state index contributed by atoms with van der Waals surface area (Å²) in [6.45, 7) is 7.00. The molecule has 138 valence electrons. The van der Waals surface area contributed by atoms with Crippen molar-refractivity contribution in [3.8, 4) is 5.75 Å². The molecule has 0 saturated heterocycles. The Labute approximate surface area is 155 Å². The van der Waals surface area contributed by atoms with Crippen molar-refractivity contribution in [1.29, 1.82) is 0 Å². The number of ether oxygens (including phenoxy) is 2. The quantitative estimate of drug-likeness (QED) is 0.736. The molecule has 0 amide bonds. The van der Waals surface area contributed by atoms with Crippen molar-refractivity contribution in [2.45, 2.75) is 52.3 Å². The zero-order valence-electron chi connectivity index (χ0n) is 16.0. The summed E-state index contributed by atoms with van der Waals surface area (Å²) in [5.41, 5.74) is 4.27. The van der Waals surface area contributed by atoms with Gasteiger partial charge in [-0.3, -0.25) is 0 Å². The van der Waals surface area contributed by atoms with Crippen molar-refractivity contribution in [2.24, 2.45) is 0 Å². The van der Waals surface area contributed by atoms with E-state index < -0.39 is 0 Å². The fraction of sp³-hybridized carbons (Fsp3) is 0.409. The maximum Gasteiger partial charge on any atom is 0.337 e. The van der Waals surface area contributed by atoms with E-state index in [0.29, 0.717) is 11.6 Å². The average Bonchev–Trinajstić information content (AvgIpc) is 2.64. The highest BCUT2D eigenvalue weighted by atomic mass is 16.5. The molecule has 3 rings (SSSR count). The zero-order valence-corrected chi connectivity index (χ0v) is 16.0. The Hall–Kier alpha value is -2.49. The summed E-state index contributed by atoms with van der Waals surface area (Å²) in [5, 5.41) is 0. The van der Waals surface area contributed by atoms with Crippen LogP contribution in [-0.4, -0.2) is 25.2 Å². The van der Waals surface area contributed by atoms with Gasteiger partial charge in [0.15, 0.2) is 0 Å². The minimum atomic E-state index is -0.346. The summed E-state index contributed by atoms with van der Waals surface area (Å²) in [5.74, 6) is 0.403. The Morgan fingerprint density at radius 3 is 2.73 bits per heavy atom. The van der Waals surface area contributed by atoms with E-state index in [2.05, 4.69) is 36.1 Å². The lowest BCUT2D eigenvalue weighted by molar-refractivity contribution is 0.0600. The second-order valence-electron chi connectivity index (χ2n) is 7.12. The molecule has 1 unspecified atom stereocenters. The van der Waals surface area contributed by atoms with E-state index >= 15 is 0 Å². The molecule has 2 aromatic carbocycles. The molecule has 1 heterocycles. The molecule has 4 nitrogen and oxygen atoms in total. The number of anilines is 1.